The zero-order valence-electron chi connectivity index (χ0n) is 5.76. The molecule has 2 nitrogen and oxygen atoms in total. The second kappa shape index (κ2) is 3.78. The minimum atomic E-state index is -0.0463. The number of carbonyl (C=O) groups excluding carboxylic acids is 1. The summed E-state index contributed by atoms with van der Waals surface area (Å²) in [5.41, 5.74) is 1.17. The second-order valence-corrected chi connectivity index (χ2v) is 2.90. The van der Waals surface area contributed by atoms with Gasteiger partial charge in [0.2, 0.25) is 0 Å². The largest absolute Gasteiger partial charge is 0.313 e. The quantitative estimate of drug-likeness (QED) is 0.457. The molecule has 0 spiro atoms. The van der Waals surface area contributed by atoms with Crippen molar-refractivity contribution in [3.05, 3.63) is 11.6 Å². The number of thiol groups is 1. The molecular formula is C7H11NOS. The van der Waals surface area contributed by atoms with Gasteiger partial charge in [-0.2, -0.15) is 0 Å². The highest BCUT2D eigenvalue weighted by Crippen LogP contribution is 2.07. The van der Waals surface area contributed by atoms with Gasteiger partial charge in [0.15, 0.2) is 5.12 Å². The van der Waals surface area contributed by atoms with Crippen molar-refractivity contribution in [1.29, 1.82) is 0 Å². The molecular weight excluding hydrogens is 146 g/mol. The molecule has 0 atom stereocenters. The summed E-state index contributed by atoms with van der Waals surface area (Å²) in [5.74, 6) is 0. The van der Waals surface area contributed by atoms with E-state index in [9.17, 15) is 4.79 Å². The van der Waals surface area contributed by atoms with Gasteiger partial charge in [-0.15, -0.1) is 12.6 Å². The zero-order valence-corrected chi connectivity index (χ0v) is 6.66. The van der Waals surface area contributed by atoms with Crippen molar-refractivity contribution >= 4 is 17.7 Å². The van der Waals surface area contributed by atoms with Crippen molar-refractivity contribution in [2.24, 2.45) is 0 Å². The molecule has 0 radical (unpaired) electrons. The van der Waals surface area contributed by atoms with Crippen LogP contribution >= 0.6 is 12.6 Å². The van der Waals surface area contributed by atoms with Gasteiger partial charge in [0.25, 0.3) is 0 Å². The minimum absolute atomic E-state index is 0.0463. The number of nitrogens with one attached hydrogen (secondary N) is 1. The second-order valence-electron chi connectivity index (χ2n) is 2.40. The molecule has 0 fully saturated rings. The van der Waals surface area contributed by atoms with Crippen molar-refractivity contribution in [2.75, 3.05) is 13.1 Å². The maximum absolute atomic E-state index is 10.5. The van der Waals surface area contributed by atoms with Crippen LogP contribution in [0.2, 0.25) is 0 Å². The standard InChI is InChI=1S/C7H11NOS/c9-7(10)4-6-2-1-3-8-5-6/h2,8H,1,3-5H2,(H,9,10). The van der Waals surface area contributed by atoms with Crippen LogP contribution in [0.15, 0.2) is 11.6 Å². The van der Waals surface area contributed by atoms with E-state index < -0.39 is 0 Å². The summed E-state index contributed by atoms with van der Waals surface area (Å²) >= 11 is 3.70. The summed E-state index contributed by atoms with van der Waals surface area (Å²) < 4.78 is 0. The van der Waals surface area contributed by atoms with E-state index in [0.717, 1.165) is 19.5 Å². The van der Waals surface area contributed by atoms with Crippen molar-refractivity contribution in [3.8, 4) is 0 Å². The van der Waals surface area contributed by atoms with Crippen LogP contribution < -0.4 is 5.32 Å². The Kier molecular flexibility index (Phi) is 2.96. The molecule has 10 heavy (non-hydrogen) atoms. The first-order valence-corrected chi connectivity index (χ1v) is 3.84. The third-order valence-corrected chi connectivity index (χ3v) is 1.64. The fourth-order valence-corrected chi connectivity index (χ4v) is 1.23. The highest BCUT2D eigenvalue weighted by molar-refractivity contribution is 7.96. The summed E-state index contributed by atoms with van der Waals surface area (Å²) in [4.78, 5) is 10.5. The molecule has 1 aliphatic rings. The van der Waals surface area contributed by atoms with Crippen molar-refractivity contribution in [1.82, 2.24) is 5.32 Å². The van der Waals surface area contributed by atoms with Gasteiger partial charge in [0.05, 0.1) is 0 Å². The van der Waals surface area contributed by atoms with Gasteiger partial charge in [-0.25, -0.2) is 0 Å². The Labute approximate surface area is 66.1 Å². The lowest BCUT2D eigenvalue weighted by molar-refractivity contribution is -0.110. The van der Waals surface area contributed by atoms with Crippen LogP contribution in [0.4, 0.5) is 0 Å². The van der Waals surface area contributed by atoms with Crippen LogP contribution in [0.3, 0.4) is 0 Å². The Morgan fingerprint density at radius 1 is 1.80 bits per heavy atom. The third-order valence-electron chi connectivity index (χ3n) is 1.48. The highest BCUT2D eigenvalue weighted by Gasteiger charge is 2.04. The van der Waals surface area contributed by atoms with Crippen LogP contribution in [0, 0.1) is 0 Å². The van der Waals surface area contributed by atoms with E-state index in [1.54, 1.807) is 0 Å². The van der Waals surface area contributed by atoms with Crippen LogP contribution in [0.1, 0.15) is 12.8 Å². The fourth-order valence-electron chi connectivity index (χ4n) is 1.03. The molecule has 1 heterocycles. The molecule has 0 saturated carbocycles. The minimum Gasteiger partial charge on any atom is -0.313 e. The van der Waals surface area contributed by atoms with Crippen molar-refractivity contribution < 1.29 is 4.79 Å². The Hall–Kier alpha value is -0.280. The number of hydrogen-bond donors (Lipinski definition) is 2. The van der Waals surface area contributed by atoms with Gasteiger partial charge >= 0.3 is 0 Å². The van der Waals surface area contributed by atoms with E-state index in [2.05, 4.69) is 24.0 Å². The smallest absolute Gasteiger partial charge is 0.189 e. The molecule has 1 aliphatic heterocycles. The molecule has 0 aromatic heterocycles. The Morgan fingerprint density at radius 3 is 3.10 bits per heavy atom. The monoisotopic (exact) mass is 157 g/mol. The molecule has 56 valence electrons. The summed E-state index contributed by atoms with van der Waals surface area (Å²) in [6.07, 6.45) is 3.65. The van der Waals surface area contributed by atoms with Gasteiger partial charge in [-0.05, 0) is 13.0 Å². The average Bonchev–Trinajstić information content (AvgIpc) is 1.88. The first kappa shape index (κ1) is 7.82. The van der Waals surface area contributed by atoms with E-state index in [-0.39, 0.29) is 5.12 Å². The maximum atomic E-state index is 10.5. The lowest BCUT2D eigenvalue weighted by atomic mass is 10.1. The van der Waals surface area contributed by atoms with Crippen molar-refractivity contribution in [3.63, 3.8) is 0 Å². The molecule has 0 bridgehead atoms. The molecule has 0 saturated heterocycles. The van der Waals surface area contributed by atoms with E-state index in [1.807, 2.05) is 0 Å². The van der Waals surface area contributed by atoms with E-state index in [1.165, 1.54) is 5.57 Å². The summed E-state index contributed by atoms with van der Waals surface area (Å²) in [5, 5.41) is 3.14. The van der Waals surface area contributed by atoms with Gasteiger partial charge in [-0.3, -0.25) is 4.79 Å². The zero-order chi connectivity index (χ0) is 7.40. The summed E-state index contributed by atoms with van der Waals surface area (Å²) in [6.45, 7) is 1.89. The van der Waals surface area contributed by atoms with Gasteiger partial charge in [-0.1, -0.05) is 11.6 Å². The molecule has 1 rings (SSSR count). The predicted octanol–water partition coefficient (Wildman–Crippen LogP) is 0.753. The predicted molar refractivity (Wildman–Crippen MR) is 44.2 cm³/mol. The molecule has 0 aromatic rings. The Morgan fingerprint density at radius 2 is 2.60 bits per heavy atom. The van der Waals surface area contributed by atoms with Gasteiger partial charge in [0.1, 0.15) is 0 Å². The number of carbonyl (C=O) groups is 1. The third kappa shape index (κ3) is 2.54. The normalized spacial score (nSPS) is 18.3. The SMILES string of the molecule is O=C(S)CC1=CCCNC1. The van der Waals surface area contributed by atoms with Gasteiger partial charge in [0, 0.05) is 13.0 Å². The van der Waals surface area contributed by atoms with Crippen LogP contribution in [0.25, 0.3) is 0 Å². The molecule has 1 N–H and O–H groups in total. The molecule has 3 heteroatoms. The van der Waals surface area contributed by atoms with Crippen LogP contribution in [-0.4, -0.2) is 18.2 Å². The van der Waals surface area contributed by atoms with Gasteiger partial charge < -0.3 is 5.32 Å². The number of hydrogen-bond acceptors (Lipinski definition) is 2. The summed E-state index contributed by atoms with van der Waals surface area (Å²) in [7, 11) is 0. The molecule has 0 unspecified atom stereocenters. The maximum Gasteiger partial charge on any atom is 0.189 e. The van der Waals surface area contributed by atoms with E-state index in [4.69, 9.17) is 0 Å². The van der Waals surface area contributed by atoms with Crippen LogP contribution in [-0.2, 0) is 4.79 Å². The molecule has 0 amide bonds. The Balaban J connectivity index is 2.38. The molecule has 0 aromatic carbocycles. The first-order valence-electron chi connectivity index (χ1n) is 3.39. The van der Waals surface area contributed by atoms with Crippen LogP contribution in [0.5, 0.6) is 0 Å². The average molecular weight is 157 g/mol. The van der Waals surface area contributed by atoms with E-state index >= 15 is 0 Å². The highest BCUT2D eigenvalue weighted by atomic mass is 32.1. The first-order chi connectivity index (χ1) is 4.79. The fraction of sp³-hybridized carbons (Fsp3) is 0.571. The lowest BCUT2D eigenvalue weighted by Gasteiger charge is -2.11. The number of rotatable bonds is 2. The van der Waals surface area contributed by atoms with Crippen molar-refractivity contribution in [2.45, 2.75) is 12.8 Å². The van der Waals surface area contributed by atoms with E-state index in [0.29, 0.717) is 6.42 Å². The topological polar surface area (TPSA) is 29.1 Å². The molecule has 0 aliphatic carbocycles. The lowest BCUT2D eigenvalue weighted by Crippen LogP contribution is -2.22. The summed E-state index contributed by atoms with van der Waals surface area (Å²) in [6, 6.07) is 0. The Bertz CT molecular complexity index is 165.